The van der Waals surface area contributed by atoms with Crippen LogP contribution in [0, 0.1) is 10.1 Å². The Bertz CT molecular complexity index is 516. The zero-order chi connectivity index (χ0) is 12.1. The molecule has 0 fully saturated rings. The van der Waals surface area contributed by atoms with Gasteiger partial charge in [-0.05, 0) is 5.56 Å². The van der Waals surface area contributed by atoms with E-state index in [9.17, 15) is 10.1 Å². The highest BCUT2D eigenvalue weighted by Crippen LogP contribution is 2.13. The van der Waals surface area contributed by atoms with Gasteiger partial charge in [-0.1, -0.05) is 12.1 Å². The van der Waals surface area contributed by atoms with Crippen LogP contribution in [-0.2, 0) is 6.54 Å². The number of anilines is 1. The van der Waals surface area contributed by atoms with Gasteiger partial charge in [-0.2, -0.15) is 0 Å². The average molecular weight is 230 g/mol. The summed E-state index contributed by atoms with van der Waals surface area (Å²) < 4.78 is 0. The van der Waals surface area contributed by atoms with E-state index in [0.29, 0.717) is 12.4 Å². The van der Waals surface area contributed by atoms with Crippen LogP contribution in [0.25, 0.3) is 0 Å². The van der Waals surface area contributed by atoms with E-state index in [-0.39, 0.29) is 5.69 Å². The summed E-state index contributed by atoms with van der Waals surface area (Å²) in [5.41, 5.74) is 0.910. The fraction of sp³-hybridized carbons (Fsp3) is 0.0909. The average Bonchev–Trinajstić information content (AvgIpc) is 2.38. The van der Waals surface area contributed by atoms with Gasteiger partial charge in [-0.25, -0.2) is 4.98 Å². The van der Waals surface area contributed by atoms with Crippen molar-refractivity contribution in [2.45, 2.75) is 6.54 Å². The van der Waals surface area contributed by atoms with E-state index >= 15 is 0 Å². The number of rotatable bonds is 4. The van der Waals surface area contributed by atoms with Crippen LogP contribution >= 0.6 is 0 Å². The molecule has 86 valence electrons. The van der Waals surface area contributed by atoms with Crippen molar-refractivity contribution in [3.05, 3.63) is 58.5 Å². The van der Waals surface area contributed by atoms with Crippen molar-refractivity contribution in [2.24, 2.45) is 0 Å². The topological polar surface area (TPSA) is 81.0 Å². The minimum atomic E-state index is -0.411. The maximum atomic E-state index is 10.6. The Morgan fingerprint density at radius 2 is 2.24 bits per heavy atom. The van der Waals surface area contributed by atoms with Gasteiger partial charge in [0.05, 0.1) is 11.1 Å². The van der Waals surface area contributed by atoms with E-state index in [4.69, 9.17) is 0 Å². The molecule has 0 spiro atoms. The van der Waals surface area contributed by atoms with Crippen LogP contribution in [0.2, 0.25) is 0 Å². The summed E-state index contributed by atoms with van der Waals surface area (Å²) in [6.45, 7) is 0.473. The predicted molar refractivity (Wildman–Crippen MR) is 62.5 cm³/mol. The number of hydrogen-bond acceptors (Lipinski definition) is 5. The predicted octanol–water partition coefficient (Wildman–Crippen LogP) is 2.00. The van der Waals surface area contributed by atoms with E-state index < -0.39 is 4.92 Å². The molecule has 2 rings (SSSR count). The number of nitro groups is 1. The summed E-state index contributed by atoms with van der Waals surface area (Å²) >= 11 is 0. The molecule has 0 atom stereocenters. The van der Waals surface area contributed by atoms with Crippen molar-refractivity contribution in [2.75, 3.05) is 5.32 Å². The molecular formula is C11H10N4O2. The lowest BCUT2D eigenvalue weighted by molar-refractivity contribution is -0.384. The van der Waals surface area contributed by atoms with Crippen LogP contribution in [0.1, 0.15) is 5.56 Å². The van der Waals surface area contributed by atoms with Crippen molar-refractivity contribution in [1.29, 1.82) is 0 Å². The smallest absolute Gasteiger partial charge is 0.269 e. The van der Waals surface area contributed by atoms with Crippen molar-refractivity contribution in [3.63, 3.8) is 0 Å². The van der Waals surface area contributed by atoms with Crippen LogP contribution in [0.3, 0.4) is 0 Å². The molecule has 1 aromatic heterocycles. The third-order valence-corrected chi connectivity index (χ3v) is 2.16. The van der Waals surface area contributed by atoms with Crippen molar-refractivity contribution < 1.29 is 4.92 Å². The molecule has 17 heavy (non-hydrogen) atoms. The Hall–Kier alpha value is -2.50. The first kappa shape index (κ1) is 11.0. The molecule has 0 aliphatic heterocycles. The Morgan fingerprint density at radius 1 is 1.35 bits per heavy atom. The third-order valence-electron chi connectivity index (χ3n) is 2.16. The van der Waals surface area contributed by atoms with Crippen molar-refractivity contribution >= 4 is 11.5 Å². The molecule has 0 bridgehead atoms. The minimum Gasteiger partial charge on any atom is -0.365 e. The molecule has 1 heterocycles. The number of aromatic nitrogens is 2. The van der Waals surface area contributed by atoms with Crippen molar-refractivity contribution in [1.82, 2.24) is 9.97 Å². The number of non-ortho nitro benzene ring substituents is 1. The van der Waals surface area contributed by atoms with E-state index in [1.165, 1.54) is 12.1 Å². The van der Waals surface area contributed by atoms with Crippen LogP contribution in [0.4, 0.5) is 11.5 Å². The van der Waals surface area contributed by atoms with E-state index in [1.807, 2.05) is 6.07 Å². The Balaban J connectivity index is 2.04. The zero-order valence-corrected chi connectivity index (χ0v) is 8.91. The molecule has 1 aromatic carbocycles. The SMILES string of the molecule is O=[N+]([O-])c1cccc(CNc2cnccn2)c1. The lowest BCUT2D eigenvalue weighted by atomic mass is 10.2. The van der Waals surface area contributed by atoms with Gasteiger partial charge in [-0.15, -0.1) is 0 Å². The Morgan fingerprint density at radius 3 is 2.94 bits per heavy atom. The summed E-state index contributed by atoms with van der Waals surface area (Å²) in [7, 11) is 0. The summed E-state index contributed by atoms with van der Waals surface area (Å²) in [4.78, 5) is 18.1. The van der Waals surface area contributed by atoms with Crippen molar-refractivity contribution in [3.8, 4) is 0 Å². The fourth-order valence-electron chi connectivity index (χ4n) is 1.36. The first-order chi connectivity index (χ1) is 8.25. The molecule has 6 nitrogen and oxygen atoms in total. The monoisotopic (exact) mass is 230 g/mol. The summed E-state index contributed by atoms with van der Waals surface area (Å²) in [6.07, 6.45) is 4.76. The molecule has 0 radical (unpaired) electrons. The minimum absolute atomic E-state index is 0.0865. The second-order valence-electron chi connectivity index (χ2n) is 3.37. The van der Waals surface area contributed by atoms with Gasteiger partial charge in [0.2, 0.25) is 0 Å². The quantitative estimate of drug-likeness (QED) is 0.641. The molecule has 2 aromatic rings. The first-order valence-corrected chi connectivity index (χ1v) is 4.99. The number of nitrogens with one attached hydrogen (secondary N) is 1. The van der Waals surface area contributed by atoms with Gasteiger partial charge in [0.25, 0.3) is 5.69 Å². The molecule has 0 saturated heterocycles. The fourth-order valence-corrected chi connectivity index (χ4v) is 1.36. The summed E-state index contributed by atoms with van der Waals surface area (Å²) in [6, 6.07) is 6.47. The maximum absolute atomic E-state index is 10.6. The number of nitro benzene ring substituents is 1. The first-order valence-electron chi connectivity index (χ1n) is 4.99. The number of nitrogens with zero attached hydrogens (tertiary/aromatic N) is 3. The lowest BCUT2D eigenvalue weighted by Gasteiger charge is -2.04. The molecule has 0 amide bonds. The highest BCUT2D eigenvalue weighted by molar-refractivity contribution is 5.37. The van der Waals surface area contributed by atoms with Gasteiger partial charge in [0, 0.05) is 31.1 Å². The highest BCUT2D eigenvalue weighted by Gasteiger charge is 2.05. The van der Waals surface area contributed by atoms with E-state index in [0.717, 1.165) is 5.56 Å². The molecule has 0 aliphatic rings. The van der Waals surface area contributed by atoms with E-state index in [1.54, 1.807) is 24.7 Å². The lowest BCUT2D eigenvalue weighted by Crippen LogP contribution is -2.01. The highest BCUT2D eigenvalue weighted by atomic mass is 16.6. The molecule has 0 unspecified atom stereocenters. The largest absolute Gasteiger partial charge is 0.365 e. The van der Waals surface area contributed by atoms with Gasteiger partial charge < -0.3 is 5.32 Å². The second-order valence-corrected chi connectivity index (χ2v) is 3.37. The molecular weight excluding hydrogens is 220 g/mol. The van der Waals surface area contributed by atoms with Crippen LogP contribution in [0.15, 0.2) is 42.9 Å². The van der Waals surface area contributed by atoms with Crippen LogP contribution in [-0.4, -0.2) is 14.9 Å². The van der Waals surface area contributed by atoms with Gasteiger partial charge in [-0.3, -0.25) is 15.1 Å². The molecule has 1 N–H and O–H groups in total. The molecule has 0 saturated carbocycles. The number of hydrogen-bond donors (Lipinski definition) is 1. The van der Waals surface area contributed by atoms with Gasteiger partial charge in [0.15, 0.2) is 0 Å². The molecule has 0 aliphatic carbocycles. The van der Waals surface area contributed by atoms with Crippen LogP contribution in [0.5, 0.6) is 0 Å². The zero-order valence-electron chi connectivity index (χ0n) is 8.91. The Labute approximate surface area is 97.5 Å². The maximum Gasteiger partial charge on any atom is 0.269 e. The van der Waals surface area contributed by atoms with Gasteiger partial charge in [0.1, 0.15) is 5.82 Å². The molecule has 6 heteroatoms. The summed E-state index contributed by atoms with van der Waals surface area (Å²) in [5.74, 6) is 0.638. The normalized spacial score (nSPS) is 9.88. The number of benzene rings is 1. The third kappa shape index (κ3) is 2.97. The summed E-state index contributed by atoms with van der Waals surface area (Å²) in [5, 5.41) is 13.6. The second kappa shape index (κ2) is 5.02. The van der Waals surface area contributed by atoms with E-state index in [2.05, 4.69) is 15.3 Å². The van der Waals surface area contributed by atoms with Crippen LogP contribution < -0.4 is 5.32 Å². The van der Waals surface area contributed by atoms with Gasteiger partial charge >= 0.3 is 0 Å². The Kier molecular flexibility index (Phi) is 3.25. The standard InChI is InChI=1S/C11H10N4O2/c16-15(17)10-3-1-2-9(6-10)7-14-11-8-12-4-5-13-11/h1-6,8H,7H2,(H,13,14).